The van der Waals surface area contributed by atoms with Crippen LogP contribution in [0.4, 0.5) is 0 Å². The van der Waals surface area contributed by atoms with Gasteiger partial charge in [0.25, 0.3) is 0 Å². The molecule has 0 radical (unpaired) electrons. The smallest absolute Gasteiger partial charge is 0.0994 e. The molecule has 0 aliphatic heterocycles. The zero-order valence-electron chi connectivity index (χ0n) is 10.7. The van der Waals surface area contributed by atoms with Crippen molar-refractivity contribution in [3.63, 3.8) is 0 Å². The second kappa shape index (κ2) is 5.55. The highest BCUT2D eigenvalue weighted by atomic mass is 35.5. The summed E-state index contributed by atoms with van der Waals surface area (Å²) in [6, 6.07) is 7.69. The summed E-state index contributed by atoms with van der Waals surface area (Å²) in [4.78, 5) is 4.20. The fraction of sp³-hybridized carbons (Fsp3) is 0.357. The molecular formula is C14H18ClN3. The van der Waals surface area contributed by atoms with Crippen molar-refractivity contribution in [1.82, 2.24) is 9.55 Å². The topological polar surface area (TPSA) is 43.8 Å². The first kappa shape index (κ1) is 13.1. The molecule has 96 valence electrons. The molecule has 0 amide bonds. The largest absolute Gasteiger partial charge is 0.323 e. The zero-order chi connectivity index (χ0) is 13.1. The molecule has 2 aromatic rings. The fourth-order valence-corrected chi connectivity index (χ4v) is 2.23. The Balaban J connectivity index is 2.33. The van der Waals surface area contributed by atoms with Gasteiger partial charge >= 0.3 is 0 Å². The van der Waals surface area contributed by atoms with Crippen LogP contribution in [0.15, 0.2) is 36.8 Å². The van der Waals surface area contributed by atoms with Crippen LogP contribution in [0.1, 0.15) is 32.0 Å². The Labute approximate surface area is 113 Å². The van der Waals surface area contributed by atoms with Gasteiger partial charge in [0.05, 0.1) is 18.2 Å². The van der Waals surface area contributed by atoms with E-state index in [1.165, 1.54) is 0 Å². The van der Waals surface area contributed by atoms with E-state index in [4.69, 9.17) is 17.3 Å². The minimum Gasteiger partial charge on any atom is -0.323 e. The van der Waals surface area contributed by atoms with Crippen molar-refractivity contribution in [1.29, 1.82) is 0 Å². The van der Waals surface area contributed by atoms with E-state index in [9.17, 15) is 0 Å². The fourth-order valence-electron chi connectivity index (χ4n) is 2.05. The molecule has 1 heterocycles. The van der Waals surface area contributed by atoms with Gasteiger partial charge in [0, 0.05) is 16.8 Å². The van der Waals surface area contributed by atoms with Gasteiger partial charge in [-0.2, -0.15) is 0 Å². The lowest BCUT2D eigenvalue weighted by molar-refractivity contribution is 0.498. The highest BCUT2D eigenvalue weighted by Gasteiger charge is 2.14. The van der Waals surface area contributed by atoms with Gasteiger partial charge in [-0.25, -0.2) is 4.98 Å². The summed E-state index contributed by atoms with van der Waals surface area (Å²) in [5, 5.41) is 0.713. The van der Waals surface area contributed by atoms with Crippen LogP contribution in [0.2, 0.25) is 5.02 Å². The third-order valence-electron chi connectivity index (χ3n) is 2.86. The molecule has 0 saturated heterocycles. The third kappa shape index (κ3) is 2.92. The van der Waals surface area contributed by atoms with Gasteiger partial charge in [-0.15, -0.1) is 0 Å². The Kier molecular flexibility index (Phi) is 4.04. The van der Waals surface area contributed by atoms with Crippen molar-refractivity contribution in [2.24, 2.45) is 11.7 Å². The maximum atomic E-state index is 6.22. The molecule has 1 unspecified atom stereocenters. The normalized spacial score (nSPS) is 12.9. The number of rotatable bonds is 4. The lowest BCUT2D eigenvalue weighted by atomic mass is 10.0. The van der Waals surface area contributed by atoms with Crippen LogP contribution in [0, 0.1) is 5.92 Å². The summed E-state index contributed by atoms with van der Waals surface area (Å²) < 4.78 is 2.00. The minimum atomic E-state index is -0.00789. The van der Waals surface area contributed by atoms with Crippen LogP contribution in [0.3, 0.4) is 0 Å². The van der Waals surface area contributed by atoms with Gasteiger partial charge in [-0.05, 0) is 30.5 Å². The van der Waals surface area contributed by atoms with E-state index < -0.39 is 0 Å². The molecule has 0 fully saturated rings. The number of hydrogen-bond donors (Lipinski definition) is 1. The summed E-state index contributed by atoms with van der Waals surface area (Å²) in [5.41, 5.74) is 8.24. The Morgan fingerprint density at radius 2 is 2.17 bits per heavy atom. The molecule has 2 rings (SSSR count). The molecule has 3 nitrogen and oxygen atoms in total. The molecule has 0 aliphatic carbocycles. The van der Waals surface area contributed by atoms with Crippen LogP contribution < -0.4 is 5.73 Å². The van der Waals surface area contributed by atoms with E-state index in [1.807, 2.05) is 35.0 Å². The molecule has 0 saturated carbocycles. The molecule has 18 heavy (non-hydrogen) atoms. The van der Waals surface area contributed by atoms with Gasteiger partial charge in [0.15, 0.2) is 0 Å². The Bertz CT molecular complexity index is 519. The molecule has 1 aromatic carbocycles. The van der Waals surface area contributed by atoms with Crippen LogP contribution >= 0.6 is 11.6 Å². The van der Waals surface area contributed by atoms with Crippen LogP contribution in [0.5, 0.6) is 0 Å². The van der Waals surface area contributed by atoms with Gasteiger partial charge in [-0.3, -0.25) is 0 Å². The van der Waals surface area contributed by atoms with Crippen molar-refractivity contribution in [3.05, 3.63) is 47.5 Å². The average molecular weight is 264 g/mol. The van der Waals surface area contributed by atoms with E-state index in [1.54, 1.807) is 6.33 Å². The van der Waals surface area contributed by atoms with Gasteiger partial charge in [0.1, 0.15) is 0 Å². The van der Waals surface area contributed by atoms with Crippen molar-refractivity contribution in [2.75, 3.05) is 0 Å². The summed E-state index contributed by atoms with van der Waals surface area (Å²) >= 11 is 6.01. The summed E-state index contributed by atoms with van der Waals surface area (Å²) in [6.45, 7) is 4.33. The Morgan fingerprint density at radius 3 is 2.83 bits per heavy atom. The van der Waals surface area contributed by atoms with Crippen LogP contribution in [-0.4, -0.2) is 9.55 Å². The molecular weight excluding hydrogens is 246 g/mol. The lowest BCUT2D eigenvalue weighted by Crippen LogP contribution is -2.16. The van der Waals surface area contributed by atoms with Crippen molar-refractivity contribution in [3.8, 4) is 5.69 Å². The highest BCUT2D eigenvalue weighted by molar-refractivity contribution is 6.30. The van der Waals surface area contributed by atoms with E-state index in [0.717, 1.165) is 17.8 Å². The van der Waals surface area contributed by atoms with Crippen molar-refractivity contribution in [2.45, 2.75) is 26.3 Å². The summed E-state index contributed by atoms with van der Waals surface area (Å²) in [5.74, 6) is 0.558. The molecule has 2 N–H and O–H groups in total. The first-order valence-electron chi connectivity index (χ1n) is 6.11. The van der Waals surface area contributed by atoms with Gasteiger partial charge in [0.2, 0.25) is 0 Å². The maximum absolute atomic E-state index is 6.22. The summed E-state index contributed by atoms with van der Waals surface area (Å²) in [6.07, 6.45) is 4.54. The molecule has 0 aliphatic rings. The van der Waals surface area contributed by atoms with Crippen molar-refractivity contribution >= 4 is 11.6 Å². The number of nitrogens with zero attached hydrogens (tertiary/aromatic N) is 2. The average Bonchev–Trinajstić information content (AvgIpc) is 2.76. The van der Waals surface area contributed by atoms with Gasteiger partial charge < -0.3 is 10.3 Å². The first-order chi connectivity index (χ1) is 8.58. The number of nitrogens with two attached hydrogens (primary N) is 1. The standard InChI is InChI=1S/C14H18ClN3/c1-10(2)6-13(16)14-8-17-9-18(14)12-5-3-4-11(15)7-12/h3-5,7-10,13H,6,16H2,1-2H3. The molecule has 0 spiro atoms. The Morgan fingerprint density at radius 1 is 1.39 bits per heavy atom. The number of halogens is 1. The van der Waals surface area contributed by atoms with E-state index in [-0.39, 0.29) is 6.04 Å². The number of benzene rings is 1. The monoisotopic (exact) mass is 263 g/mol. The molecule has 1 aromatic heterocycles. The van der Waals surface area contributed by atoms with E-state index >= 15 is 0 Å². The highest BCUT2D eigenvalue weighted by Crippen LogP contribution is 2.22. The number of imidazole rings is 1. The minimum absolute atomic E-state index is 0.00789. The maximum Gasteiger partial charge on any atom is 0.0994 e. The predicted octanol–water partition coefficient (Wildman–Crippen LogP) is 3.57. The quantitative estimate of drug-likeness (QED) is 0.916. The molecule has 1 atom stereocenters. The van der Waals surface area contributed by atoms with Crippen molar-refractivity contribution < 1.29 is 0 Å². The number of aromatic nitrogens is 2. The Hall–Kier alpha value is -1.32. The van der Waals surface area contributed by atoms with Gasteiger partial charge in [-0.1, -0.05) is 31.5 Å². The molecule has 4 heteroatoms. The molecule has 0 bridgehead atoms. The second-order valence-electron chi connectivity index (χ2n) is 4.90. The third-order valence-corrected chi connectivity index (χ3v) is 3.09. The second-order valence-corrected chi connectivity index (χ2v) is 5.34. The SMILES string of the molecule is CC(C)CC(N)c1cncn1-c1cccc(Cl)c1. The van der Waals surface area contributed by atoms with E-state index in [0.29, 0.717) is 10.9 Å². The number of hydrogen-bond acceptors (Lipinski definition) is 2. The first-order valence-corrected chi connectivity index (χ1v) is 6.49. The predicted molar refractivity (Wildman–Crippen MR) is 75.0 cm³/mol. The van der Waals surface area contributed by atoms with E-state index in [2.05, 4.69) is 18.8 Å². The van der Waals surface area contributed by atoms with Crippen LogP contribution in [0.25, 0.3) is 5.69 Å². The summed E-state index contributed by atoms with van der Waals surface area (Å²) in [7, 11) is 0. The zero-order valence-corrected chi connectivity index (χ0v) is 11.4. The lowest BCUT2D eigenvalue weighted by Gasteiger charge is -2.16. The van der Waals surface area contributed by atoms with Crippen LogP contribution in [-0.2, 0) is 0 Å².